The van der Waals surface area contributed by atoms with Crippen LogP contribution in [-0.2, 0) is 9.53 Å². The van der Waals surface area contributed by atoms with E-state index in [1.807, 2.05) is 13.8 Å². The number of carbonyl (C=O) groups excluding carboxylic acids is 1. The fourth-order valence-electron chi connectivity index (χ4n) is 1.65. The van der Waals surface area contributed by atoms with Crippen molar-refractivity contribution in [2.75, 3.05) is 6.61 Å². The van der Waals surface area contributed by atoms with Crippen LogP contribution < -0.4 is 5.32 Å². The third-order valence-electron chi connectivity index (χ3n) is 2.69. The van der Waals surface area contributed by atoms with Crippen LogP contribution in [0, 0.1) is 5.92 Å². The van der Waals surface area contributed by atoms with Gasteiger partial charge in [0.2, 0.25) is 5.91 Å². The molecule has 0 aromatic carbocycles. The highest BCUT2D eigenvalue weighted by atomic mass is 16.5. The molecule has 1 unspecified atom stereocenters. The maximum absolute atomic E-state index is 11.5. The van der Waals surface area contributed by atoms with Crippen LogP contribution in [0.25, 0.3) is 0 Å². The Morgan fingerprint density at radius 2 is 1.73 bits per heavy atom. The second-order valence-corrected chi connectivity index (χ2v) is 4.29. The van der Waals surface area contributed by atoms with E-state index in [0.29, 0.717) is 5.92 Å². The van der Waals surface area contributed by atoms with Crippen molar-refractivity contribution in [3.8, 4) is 0 Å². The van der Waals surface area contributed by atoms with E-state index in [4.69, 9.17) is 4.74 Å². The molecule has 0 saturated carbocycles. The van der Waals surface area contributed by atoms with Gasteiger partial charge in [-0.25, -0.2) is 0 Å². The summed E-state index contributed by atoms with van der Waals surface area (Å²) in [5.74, 6) is 0.552. The van der Waals surface area contributed by atoms with Gasteiger partial charge in [-0.2, -0.15) is 0 Å². The number of amides is 1. The molecule has 0 aliphatic heterocycles. The van der Waals surface area contributed by atoms with Crippen molar-refractivity contribution in [2.45, 2.75) is 59.6 Å². The summed E-state index contributed by atoms with van der Waals surface area (Å²) in [5.41, 5.74) is 0. The molecule has 1 atom stereocenters. The summed E-state index contributed by atoms with van der Waals surface area (Å²) in [5, 5.41) is 2.97. The number of hydrogen-bond acceptors (Lipinski definition) is 2. The molecule has 0 saturated heterocycles. The maximum atomic E-state index is 11.5. The van der Waals surface area contributed by atoms with E-state index in [1.165, 1.54) is 0 Å². The third kappa shape index (κ3) is 6.50. The molecule has 3 heteroatoms. The lowest BCUT2D eigenvalue weighted by atomic mass is 9.95. The summed E-state index contributed by atoms with van der Waals surface area (Å²) in [6, 6.07) is 0.239. The van der Waals surface area contributed by atoms with Gasteiger partial charge in [-0.05, 0) is 26.7 Å². The summed E-state index contributed by atoms with van der Waals surface area (Å²) >= 11 is 0. The van der Waals surface area contributed by atoms with Crippen molar-refractivity contribution < 1.29 is 9.53 Å². The molecule has 15 heavy (non-hydrogen) atoms. The monoisotopic (exact) mass is 215 g/mol. The predicted molar refractivity (Wildman–Crippen MR) is 62.8 cm³/mol. The van der Waals surface area contributed by atoms with Gasteiger partial charge in [0.15, 0.2) is 0 Å². The average molecular weight is 215 g/mol. The standard InChI is InChI=1S/C12H25NO2/c1-6-11(7-2)10(5)13-12(14)8-15-9(3)4/h9-11H,6-8H2,1-5H3,(H,13,14). The third-order valence-corrected chi connectivity index (χ3v) is 2.69. The van der Waals surface area contributed by atoms with Gasteiger partial charge in [-0.15, -0.1) is 0 Å². The van der Waals surface area contributed by atoms with E-state index in [1.54, 1.807) is 0 Å². The summed E-state index contributed by atoms with van der Waals surface area (Å²) in [4.78, 5) is 11.5. The molecule has 1 N–H and O–H groups in total. The molecule has 90 valence electrons. The van der Waals surface area contributed by atoms with Gasteiger partial charge >= 0.3 is 0 Å². The number of carbonyl (C=O) groups is 1. The van der Waals surface area contributed by atoms with Crippen LogP contribution in [0.5, 0.6) is 0 Å². The Bertz CT molecular complexity index is 176. The lowest BCUT2D eigenvalue weighted by Gasteiger charge is -2.22. The van der Waals surface area contributed by atoms with Crippen LogP contribution in [0.2, 0.25) is 0 Å². The van der Waals surface area contributed by atoms with Gasteiger partial charge in [-0.3, -0.25) is 4.79 Å². The topological polar surface area (TPSA) is 38.3 Å². The van der Waals surface area contributed by atoms with Gasteiger partial charge in [0.25, 0.3) is 0 Å². The summed E-state index contributed by atoms with van der Waals surface area (Å²) in [6.07, 6.45) is 2.31. The van der Waals surface area contributed by atoms with Crippen LogP contribution in [-0.4, -0.2) is 24.7 Å². The highest BCUT2D eigenvalue weighted by molar-refractivity contribution is 5.77. The molecule has 0 spiro atoms. The molecule has 0 fully saturated rings. The fraction of sp³-hybridized carbons (Fsp3) is 0.917. The minimum atomic E-state index is -0.0110. The summed E-state index contributed by atoms with van der Waals surface area (Å²) < 4.78 is 5.24. The van der Waals surface area contributed by atoms with Crippen molar-refractivity contribution in [3.63, 3.8) is 0 Å². The molecule has 0 heterocycles. The van der Waals surface area contributed by atoms with Crippen molar-refractivity contribution in [1.29, 1.82) is 0 Å². The first-order valence-electron chi connectivity index (χ1n) is 5.92. The zero-order valence-corrected chi connectivity index (χ0v) is 10.7. The average Bonchev–Trinajstić information content (AvgIpc) is 2.16. The fourth-order valence-corrected chi connectivity index (χ4v) is 1.65. The maximum Gasteiger partial charge on any atom is 0.246 e. The first-order valence-corrected chi connectivity index (χ1v) is 5.92. The second kappa shape index (κ2) is 7.69. The Morgan fingerprint density at radius 3 is 2.13 bits per heavy atom. The molecule has 0 aromatic heterocycles. The Morgan fingerprint density at radius 1 is 1.20 bits per heavy atom. The Kier molecular flexibility index (Phi) is 7.39. The van der Waals surface area contributed by atoms with Crippen LogP contribution in [0.3, 0.4) is 0 Å². The van der Waals surface area contributed by atoms with Gasteiger partial charge in [-0.1, -0.05) is 26.7 Å². The Hall–Kier alpha value is -0.570. The van der Waals surface area contributed by atoms with Crippen molar-refractivity contribution in [3.05, 3.63) is 0 Å². The minimum absolute atomic E-state index is 0.0110. The smallest absolute Gasteiger partial charge is 0.246 e. The quantitative estimate of drug-likeness (QED) is 0.708. The van der Waals surface area contributed by atoms with Crippen molar-refractivity contribution in [1.82, 2.24) is 5.32 Å². The number of nitrogens with one attached hydrogen (secondary N) is 1. The second-order valence-electron chi connectivity index (χ2n) is 4.29. The van der Waals surface area contributed by atoms with Crippen LogP contribution in [0.15, 0.2) is 0 Å². The van der Waals surface area contributed by atoms with E-state index in [0.717, 1.165) is 12.8 Å². The van der Waals surface area contributed by atoms with E-state index in [2.05, 4.69) is 26.1 Å². The zero-order valence-electron chi connectivity index (χ0n) is 10.7. The lowest BCUT2D eigenvalue weighted by molar-refractivity contribution is -0.128. The molecule has 0 bridgehead atoms. The minimum Gasteiger partial charge on any atom is -0.369 e. The van der Waals surface area contributed by atoms with Gasteiger partial charge in [0.05, 0.1) is 6.10 Å². The molecule has 0 aromatic rings. The molecule has 3 nitrogen and oxygen atoms in total. The molecular weight excluding hydrogens is 190 g/mol. The first kappa shape index (κ1) is 14.4. The highest BCUT2D eigenvalue weighted by Gasteiger charge is 2.15. The summed E-state index contributed by atoms with van der Waals surface area (Å²) in [7, 11) is 0. The number of hydrogen-bond donors (Lipinski definition) is 1. The SMILES string of the molecule is CCC(CC)C(C)NC(=O)COC(C)C. The Balaban J connectivity index is 3.84. The molecule has 1 amide bonds. The van der Waals surface area contributed by atoms with Crippen molar-refractivity contribution >= 4 is 5.91 Å². The van der Waals surface area contributed by atoms with E-state index < -0.39 is 0 Å². The van der Waals surface area contributed by atoms with Crippen LogP contribution in [0.1, 0.15) is 47.5 Å². The Labute approximate surface area is 93.6 Å². The molecule has 0 aliphatic carbocycles. The van der Waals surface area contributed by atoms with Gasteiger partial charge in [0, 0.05) is 6.04 Å². The lowest BCUT2D eigenvalue weighted by Crippen LogP contribution is -2.40. The van der Waals surface area contributed by atoms with Gasteiger partial charge in [0.1, 0.15) is 6.61 Å². The molecule has 0 radical (unpaired) electrons. The normalized spacial score (nSPS) is 13.3. The van der Waals surface area contributed by atoms with E-state index in [-0.39, 0.29) is 24.7 Å². The molecule has 0 rings (SSSR count). The predicted octanol–water partition coefficient (Wildman–Crippen LogP) is 2.35. The largest absolute Gasteiger partial charge is 0.369 e. The van der Waals surface area contributed by atoms with E-state index in [9.17, 15) is 4.79 Å². The van der Waals surface area contributed by atoms with Gasteiger partial charge < -0.3 is 10.1 Å². The van der Waals surface area contributed by atoms with Crippen molar-refractivity contribution in [2.24, 2.45) is 5.92 Å². The molecular formula is C12H25NO2. The highest BCUT2D eigenvalue weighted by Crippen LogP contribution is 2.12. The summed E-state index contributed by atoms with van der Waals surface area (Å²) in [6.45, 7) is 10.4. The molecule has 0 aliphatic rings. The zero-order chi connectivity index (χ0) is 11.8. The number of ether oxygens (including phenoxy) is 1. The van der Waals surface area contributed by atoms with Crippen LogP contribution in [0.4, 0.5) is 0 Å². The first-order chi connectivity index (χ1) is 7.01. The van der Waals surface area contributed by atoms with Crippen LogP contribution >= 0.6 is 0 Å². The van der Waals surface area contributed by atoms with E-state index >= 15 is 0 Å². The number of rotatable bonds is 7.